The van der Waals surface area contributed by atoms with Crippen LogP contribution in [0.3, 0.4) is 0 Å². The van der Waals surface area contributed by atoms with Crippen molar-refractivity contribution in [2.75, 3.05) is 35.5 Å². The predicted molar refractivity (Wildman–Crippen MR) is 74.1 cm³/mol. The van der Waals surface area contributed by atoms with Crippen LogP contribution in [0.15, 0.2) is 5.10 Å². The normalized spacial score (nSPS) is 22.9. The van der Waals surface area contributed by atoms with Gasteiger partial charge in [-0.05, 0) is 0 Å². The average Bonchev–Trinajstić information content (AvgIpc) is 2.85. The number of esters is 4. The molecule has 1 aliphatic heterocycles. The Hall–Kier alpha value is -2.65. The van der Waals surface area contributed by atoms with E-state index in [9.17, 15) is 19.2 Å². The van der Waals surface area contributed by atoms with Gasteiger partial charge in [-0.1, -0.05) is 0 Å². The van der Waals surface area contributed by atoms with E-state index in [4.69, 9.17) is 4.74 Å². The average molecular weight is 330 g/mol. The van der Waals surface area contributed by atoms with E-state index < -0.39 is 41.8 Å². The molecule has 23 heavy (non-hydrogen) atoms. The molecule has 0 aromatic rings. The molecule has 10 heteroatoms. The van der Waals surface area contributed by atoms with E-state index in [2.05, 4.69) is 19.3 Å². The number of carbonyl (C=O) groups excluding carboxylic acids is 4. The molecule has 0 unspecified atom stereocenters. The number of hydrazone groups is 1. The summed E-state index contributed by atoms with van der Waals surface area (Å²) in [6, 6.07) is 0. The highest BCUT2D eigenvalue weighted by atomic mass is 16.5. The van der Waals surface area contributed by atoms with Crippen LogP contribution in [0.4, 0.5) is 0 Å². The minimum Gasteiger partial charge on any atom is -0.469 e. The summed E-state index contributed by atoms with van der Waals surface area (Å²) in [5.41, 5.74) is -2.27. The third kappa shape index (κ3) is 2.96. The van der Waals surface area contributed by atoms with E-state index in [1.54, 1.807) is 0 Å². The van der Waals surface area contributed by atoms with Gasteiger partial charge in [0.2, 0.25) is 0 Å². The van der Waals surface area contributed by atoms with Gasteiger partial charge in [-0.3, -0.25) is 14.6 Å². The van der Waals surface area contributed by atoms with Gasteiger partial charge < -0.3 is 18.9 Å². The quantitative estimate of drug-likeness (QED) is 0.448. The third-order valence-corrected chi connectivity index (χ3v) is 3.60. The van der Waals surface area contributed by atoms with E-state index >= 15 is 0 Å². The van der Waals surface area contributed by atoms with Crippen molar-refractivity contribution in [3.8, 4) is 0 Å². The molecule has 0 bridgehead atoms. The molecule has 0 fully saturated rings. The van der Waals surface area contributed by atoms with E-state index in [-0.39, 0.29) is 5.71 Å². The van der Waals surface area contributed by atoms with Crippen LogP contribution in [0, 0.1) is 5.92 Å². The topological polar surface area (TPSA) is 121 Å². The molecule has 0 spiro atoms. The molecule has 0 radical (unpaired) electrons. The van der Waals surface area contributed by atoms with Crippen LogP contribution in [0.2, 0.25) is 0 Å². The maximum Gasteiger partial charge on any atom is 0.355 e. The first-order chi connectivity index (χ1) is 10.8. The standard InChI is InChI=1S/C13H18N2O8/c1-15-13(12(19)23-5,6-7(16)20-2)8(10(17)21-3)9(14-15)11(18)22-4/h8H,6H2,1-5H3/t8-,13+/m0/s1. The first kappa shape index (κ1) is 18.4. The Balaban J connectivity index is 3.51. The lowest BCUT2D eigenvalue weighted by Crippen LogP contribution is -2.59. The van der Waals surface area contributed by atoms with Crippen LogP contribution in [-0.2, 0) is 38.1 Å². The molecule has 0 N–H and O–H groups in total. The molecule has 0 saturated carbocycles. The Morgan fingerprint density at radius 2 is 1.65 bits per heavy atom. The van der Waals surface area contributed by atoms with Crippen molar-refractivity contribution in [2.24, 2.45) is 11.0 Å². The summed E-state index contributed by atoms with van der Waals surface area (Å²) < 4.78 is 18.5. The van der Waals surface area contributed by atoms with Crippen molar-refractivity contribution in [1.29, 1.82) is 0 Å². The highest BCUT2D eigenvalue weighted by Gasteiger charge is 2.63. The molecule has 0 amide bonds. The Morgan fingerprint density at radius 1 is 1.04 bits per heavy atom. The Bertz CT molecular complexity index is 558. The molecule has 1 rings (SSSR count). The Kier molecular flexibility index (Phi) is 5.66. The van der Waals surface area contributed by atoms with Gasteiger partial charge in [-0.2, -0.15) is 5.10 Å². The van der Waals surface area contributed by atoms with Gasteiger partial charge in [-0.15, -0.1) is 0 Å². The van der Waals surface area contributed by atoms with Gasteiger partial charge in [0.15, 0.2) is 11.3 Å². The SMILES string of the molecule is COC(=O)C[C@]1(C(=O)OC)[C@H](C(=O)OC)C(C(=O)OC)=NN1C. The number of methoxy groups -OCH3 is 4. The first-order valence-electron chi connectivity index (χ1n) is 6.43. The summed E-state index contributed by atoms with van der Waals surface area (Å²) in [6.45, 7) is 0. The molecule has 1 heterocycles. The van der Waals surface area contributed by atoms with Crippen LogP contribution < -0.4 is 0 Å². The zero-order chi connectivity index (χ0) is 17.8. The van der Waals surface area contributed by atoms with Crippen LogP contribution >= 0.6 is 0 Å². The Morgan fingerprint density at radius 3 is 2.09 bits per heavy atom. The van der Waals surface area contributed by atoms with Crippen LogP contribution in [0.1, 0.15) is 6.42 Å². The number of carbonyl (C=O) groups is 4. The van der Waals surface area contributed by atoms with E-state index in [1.165, 1.54) is 7.05 Å². The molecule has 1 aliphatic rings. The molecule has 0 saturated heterocycles. The summed E-state index contributed by atoms with van der Waals surface area (Å²) in [4.78, 5) is 48.2. The lowest BCUT2D eigenvalue weighted by atomic mass is 9.78. The second kappa shape index (κ2) is 7.07. The van der Waals surface area contributed by atoms with Gasteiger partial charge in [0, 0.05) is 7.05 Å². The number of nitrogens with zero attached hydrogens (tertiary/aromatic N) is 2. The van der Waals surface area contributed by atoms with Crippen LogP contribution in [0.5, 0.6) is 0 Å². The van der Waals surface area contributed by atoms with Gasteiger partial charge in [0.1, 0.15) is 5.92 Å². The number of likely N-dealkylation sites (N-methyl/N-ethyl adjacent to an activating group) is 1. The second-order valence-electron chi connectivity index (χ2n) is 4.63. The van der Waals surface area contributed by atoms with E-state index in [0.29, 0.717) is 0 Å². The van der Waals surface area contributed by atoms with Crippen molar-refractivity contribution in [2.45, 2.75) is 12.0 Å². The van der Waals surface area contributed by atoms with Crippen molar-refractivity contribution in [1.82, 2.24) is 5.01 Å². The van der Waals surface area contributed by atoms with E-state index in [1.807, 2.05) is 0 Å². The Labute approximate surface area is 132 Å². The minimum absolute atomic E-state index is 0.365. The number of ether oxygens (including phenoxy) is 4. The summed E-state index contributed by atoms with van der Waals surface area (Å²) in [5.74, 6) is -5.10. The molecule has 10 nitrogen and oxygen atoms in total. The highest BCUT2D eigenvalue weighted by Crippen LogP contribution is 2.38. The molecule has 0 aromatic heterocycles. The lowest BCUT2D eigenvalue weighted by molar-refractivity contribution is -0.168. The number of hydrogen-bond acceptors (Lipinski definition) is 10. The van der Waals surface area contributed by atoms with Crippen molar-refractivity contribution in [3.05, 3.63) is 0 Å². The van der Waals surface area contributed by atoms with Crippen LogP contribution in [-0.4, -0.2) is 75.6 Å². The summed E-state index contributed by atoms with van der Waals surface area (Å²) in [5, 5.41) is 4.90. The van der Waals surface area contributed by atoms with Gasteiger partial charge in [0.05, 0.1) is 34.9 Å². The van der Waals surface area contributed by atoms with Gasteiger partial charge >= 0.3 is 23.9 Å². The summed E-state index contributed by atoms with van der Waals surface area (Å²) >= 11 is 0. The predicted octanol–water partition coefficient (Wildman–Crippen LogP) is -1.28. The van der Waals surface area contributed by atoms with Gasteiger partial charge in [-0.25, -0.2) is 9.59 Å². The largest absolute Gasteiger partial charge is 0.469 e. The number of hydrogen-bond donors (Lipinski definition) is 0. The van der Waals surface area contributed by atoms with Crippen molar-refractivity contribution >= 4 is 29.6 Å². The first-order valence-corrected chi connectivity index (χ1v) is 6.43. The van der Waals surface area contributed by atoms with E-state index in [0.717, 1.165) is 33.4 Å². The smallest absolute Gasteiger partial charge is 0.355 e. The third-order valence-electron chi connectivity index (χ3n) is 3.60. The minimum atomic E-state index is -1.90. The fourth-order valence-corrected chi connectivity index (χ4v) is 2.42. The monoisotopic (exact) mass is 330 g/mol. The lowest BCUT2D eigenvalue weighted by Gasteiger charge is -2.34. The molecule has 0 aliphatic carbocycles. The molecular weight excluding hydrogens is 312 g/mol. The molecule has 0 aromatic carbocycles. The van der Waals surface area contributed by atoms with Gasteiger partial charge in [0.25, 0.3) is 0 Å². The zero-order valence-corrected chi connectivity index (χ0v) is 13.4. The fourth-order valence-electron chi connectivity index (χ4n) is 2.42. The van der Waals surface area contributed by atoms with Crippen molar-refractivity contribution < 1.29 is 38.1 Å². The highest BCUT2D eigenvalue weighted by molar-refractivity contribution is 6.42. The molecular formula is C13H18N2O8. The summed E-state index contributed by atoms with van der Waals surface area (Å²) in [7, 11) is 5.70. The molecule has 2 atom stereocenters. The second-order valence-corrected chi connectivity index (χ2v) is 4.63. The zero-order valence-electron chi connectivity index (χ0n) is 13.4. The summed E-state index contributed by atoms with van der Waals surface area (Å²) in [6.07, 6.45) is -0.573. The maximum atomic E-state index is 12.4. The fraction of sp³-hybridized carbons (Fsp3) is 0.615. The maximum absolute atomic E-state index is 12.4. The molecule has 128 valence electrons. The number of rotatable bonds is 5. The van der Waals surface area contributed by atoms with Crippen LogP contribution in [0.25, 0.3) is 0 Å². The van der Waals surface area contributed by atoms with Crippen molar-refractivity contribution in [3.63, 3.8) is 0 Å².